The minimum Gasteiger partial charge on any atom is -0.481 e. The highest BCUT2D eigenvalue weighted by atomic mass is 16.4. The van der Waals surface area contributed by atoms with Gasteiger partial charge in [-0.2, -0.15) is 0 Å². The van der Waals surface area contributed by atoms with Gasteiger partial charge in [0.25, 0.3) is 0 Å². The SMILES string of the molecule is C#CCC(N)C(=O)N(C)CCCC(=O)O. The number of likely N-dealkylation sites (N-methyl/N-ethyl adjacent to an activating group) is 1. The van der Waals surface area contributed by atoms with E-state index in [0.717, 1.165) is 0 Å². The van der Waals surface area contributed by atoms with Gasteiger partial charge in [0.1, 0.15) is 0 Å². The molecule has 0 saturated carbocycles. The molecule has 3 N–H and O–H groups in total. The number of carbonyl (C=O) groups is 2. The van der Waals surface area contributed by atoms with Crippen LogP contribution in [0.25, 0.3) is 0 Å². The Kier molecular flexibility index (Phi) is 6.14. The monoisotopic (exact) mass is 212 g/mol. The minimum atomic E-state index is -0.872. The summed E-state index contributed by atoms with van der Waals surface area (Å²) in [5.41, 5.74) is 5.51. The summed E-state index contributed by atoms with van der Waals surface area (Å²) >= 11 is 0. The summed E-state index contributed by atoms with van der Waals surface area (Å²) in [5, 5.41) is 8.40. The molecule has 0 heterocycles. The third-order valence-corrected chi connectivity index (χ3v) is 1.92. The Morgan fingerprint density at radius 1 is 1.60 bits per heavy atom. The Labute approximate surface area is 89.2 Å². The summed E-state index contributed by atoms with van der Waals surface area (Å²) in [7, 11) is 1.58. The lowest BCUT2D eigenvalue weighted by Crippen LogP contribution is -2.41. The highest BCUT2D eigenvalue weighted by molar-refractivity contribution is 5.81. The molecule has 0 aliphatic heterocycles. The maximum Gasteiger partial charge on any atom is 0.303 e. The second kappa shape index (κ2) is 6.85. The number of hydrogen-bond acceptors (Lipinski definition) is 3. The van der Waals surface area contributed by atoms with Crippen molar-refractivity contribution < 1.29 is 14.7 Å². The Morgan fingerprint density at radius 3 is 2.67 bits per heavy atom. The van der Waals surface area contributed by atoms with Crippen LogP contribution < -0.4 is 5.73 Å². The Hall–Kier alpha value is -1.54. The third kappa shape index (κ3) is 5.70. The molecule has 0 aliphatic rings. The van der Waals surface area contributed by atoms with Crippen LogP contribution in [-0.2, 0) is 9.59 Å². The predicted octanol–water partition coefficient (Wildman–Crippen LogP) is -0.340. The predicted molar refractivity (Wildman–Crippen MR) is 55.9 cm³/mol. The van der Waals surface area contributed by atoms with E-state index >= 15 is 0 Å². The van der Waals surface area contributed by atoms with Crippen LogP contribution in [0.2, 0.25) is 0 Å². The van der Waals surface area contributed by atoms with Gasteiger partial charge in [0.05, 0.1) is 6.04 Å². The van der Waals surface area contributed by atoms with E-state index in [2.05, 4.69) is 5.92 Å². The van der Waals surface area contributed by atoms with Gasteiger partial charge < -0.3 is 15.7 Å². The van der Waals surface area contributed by atoms with Gasteiger partial charge >= 0.3 is 5.97 Å². The quantitative estimate of drug-likeness (QED) is 0.590. The molecule has 15 heavy (non-hydrogen) atoms. The Balaban J connectivity index is 3.89. The maximum atomic E-state index is 11.5. The van der Waals surface area contributed by atoms with Gasteiger partial charge in [-0.3, -0.25) is 9.59 Å². The second-order valence-electron chi connectivity index (χ2n) is 3.27. The van der Waals surface area contributed by atoms with Crippen LogP contribution in [0.1, 0.15) is 19.3 Å². The van der Waals surface area contributed by atoms with Crippen LogP contribution in [0.15, 0.2) is 0 Å². The molecule has 0 aromatic carbocycles. The van der Waals surface area contributed by atoms with Crippen molar-refractivity contribution in [3.63, 3.8) is 0 Å². The molecule has 1 amide bonds. The van der Waals surface area contributed by atoms with Crippen molar-refractivity contribution >= 4 is 11.9 Å². The van der Waals surface area contributed by atoms with Crippen molar-refractivity contribution in [3.05, 3.63) is 0 Å². The average molecular weight is 212 g/mol. The number of carbonyl (C=O) groups excluding carboxylic acids is 1. The van der Waals surface area contributed by atoms with Crippen molar-refractivity contribution in [2.45, 2.75) is 25.3 Å². The number of carboxylic acids is 1. The number of amides is 1. The molecule has 0 spiro atoms. The highest BCUT2D eigenvalue weighted by Gasteiger charge is 2.16. The maximum absolute atomic E-state index is 11.5. The fourth-order valence-electron chi connectivity index (χ4n) is 1.08. The summed E-state index contributed by atoms with van der Waals surface area (Å²) < 4.78 is 0. The summed E-state index contributed by atoms with van der Waals surface area (Å²) in [6, 6.07) is -0.690. The molecule has 84 valence electrons. The molecule has 0 rings (SSSR count). The molecule has 0 aromatic rings. The second-order valence-corrected chi connectivity index (χ2v) is 3.27. The van der Waals surface area contributed by atoms with Crippen LogP contribution in [-0.4, -0.2) is 41.5 Å². The summed E-state index contributed by atoms with van der Waals surface area (Å²) in [6.45, 7) is 0.378. The summed E-state index contributed by atoms with van der Waals surface area (Å²) in [6.07, 6.45) is 5.69. The first-order chi connectivity index (χ1) is 6.99. The lowest BCUT2D eigenvalue weighted by molar-refractivity contribution is -0.138. The van der Waals surface area contributed by atoms with Crippen LogP contribution in [0.5, 0.6) is 0 Å². The summed E-state index contributed by atoms with van der Waals surface area (Å²) in [4.78, 5) is 23.1. The molecule has 0 bridgehead atoms. The van der Waals surface area contributed by atoms with E-state index in [1.54, 1.807) is 7.05 Å². The molecule has 0 aromatic heterocycles. The van der Waals surface area contributed by atoms with Gasteiger partial charge in [-0.05, 0) is 6.42 Å². The molecule has 0 radical (unpaired) electrons. The molecular weight excluding hydrogens is 196 g/mol. The largest absolute Gasteiger partial charge is 0.481 e. The van der Waals surface area contributed by atoms with Gasteiger partial charge in [0.15, 0.2) is 0 Å². The number of aliphatic carboxylic acids is 1. The van der Waals surface area contributed by atoms with Crippen molar-refractivity contribution in [2.75, 3.05) is 13.6 Å². The van der Waals surface area contributed by atoms with Gasteiger partial charge in [-0.25, -0.2) is 0 Å². The van der Waals surface area contributed by atoms with Crippen LogP contribution in [0.3, 0.4) is 0 Å². The normalized spacial score (nSPS) is 11.5. The standard InChI is InChI=1S/C10H16N2O3/c1-3-5-8(11)10(15)12(2)7-4-6-9(13)14/h1,8H,4-7,11H2,2H3,(H,13,14). The number of terminal acetylenes is 1. The summed E-state index contributed by atoms with van der Waals surface area (Å²) in [5.74, 6) is 1.19. The zero-order chi connectivity index (χ0) is 11.8. The third-order valence-electron chi connectivity index (χ3n) is 1.92. The zero-order valence-electron chi connectivity index (χ0n) is 8.77. The smallest absolute Gasteiger partial charge is 0.303 e. The van der Waals surface area contributed by atoms with E-state index in [1.807, 2.05) is 0 Å². The van der Waals surface area contributed by atoms with E-state index < -0.39 is 12.0 Å². The van der Waals surface area contributed by atoms with Crippen LogP contribution in [0.4, 0.5) is 0 Å². The van der Waals surface area contributed by atoms with Gasteiger partial charge in [-0.1, -0.05) is 0 Å². The molecule has 5 heteroatoms. The molecule has 0 saturated heterocycles. The lowest BCUT2D eigenvalue weighted by atomic mass is 10.2. The van der Waals surface area contributed by atoms with Crippen molar-refractivity contribution in [1.82, 2.24) is 4.90 Å². The molecule has 0 fully saturated rings. The number of hydrogen-bond donors (Lipinski definition) is 2. The number of nitrogens with two attached hydrogens (primary N) is 1. The van der Waals surface area contributed by atoms with Gasteiger partial charge in [0.2, 0.25) is 5.91 Å². The van der Waals surface area contributed by atoms with E-state index in [1.165, 1.54) is 4.90 Å². The topological polar surface area (TPSA) is 83.6 Å². The minimum absolute atomic E-state index is 0.0436. The van der Waals surface area contributed by atoms with E-state index in [9.17, 15) is 9.59 Å². The first-order valence-corrected chi connectivity index (χ1v) is 4.64. The van der Waals surface area contributed by atoms with Gasteiger partial charge in [-0.15, -0.1) is 12.3 Å². The van der Waals surface area contributed by atoms with Gasteiger partial charge in [0, 0.05) is 26.4 Å². The molecule has 5 nitrogen and oxygen atoms in total. The Morgan fingerprint density at radius 2 is 2.20 bits per heavy atom. The number of nitrogens with zero attached hydrogens (tertiary/aromatic N) is 1. The fraction of sp³-hybridized carbons (Fsp3) is 0.600. The lowest BCUT2D eigenvalue weighted by Gasteiger charge is -2.19. The van der Waals surface area contributed by atoms with Crippen molar-refractivity contribution in [3.8, 4) is 12.3 Å². The molecule has 1 unspecified atom stereocenters. The number of carboxylic acid groups (broad SMARTS) is 1. The number of rotatable bonds is 6. The van der Waals surface area contributed by atoms with Crippen molar-refractivity contribution in [2.24, 2.45) is 5.73 Å². The first-order valence-electron chi connectivity index (χ1n) is 4.64. The van der Waals surface area contributed by atoms with Crippen LogP contribution >= 0.6 is 0 Å². The highest BCUT2D eigenvalue weighted by Crippen LogP contribution is 1.97. The van der Waals surface area contributed by atoms with E-state index in [4.69, 9.17) is 17.3 Å². The van der Waals surface area contributed by atoms with E-state index in [-0.39, 0.29) is 18.7 Å². The Bertz CT molecular complexity index is 270. The van der Waals surface area contributed by atoms with Crippen LogP contribution in [0, 0.1) is 12.3 Å². The van der Waals surface area contributed by atoms with Crippen molar-refractivity contribution in [1.29, 1.82) is 0 Å². The molecule has 1 atom stereocenters. The molecule has 0 aliphatic carbocycles. The zero-order valence-corrected chi connectivity index (χ0v) is 8.77. The first kappa shape index (κ1) is 13.5. The molecular formula is C10H16N2O3. The van der Waals surface area contributed by atoms with E-state index in [0.29, 0.717) is 13.0 Å². The fourth-order valence-corrected chi connectivity index (χ4v) is 1.08. The average Bonchev–Trinajstić information content (AvgIpc) is 2.16.